The van der Waals surface area contributed by atoms with Crippen LogP contribution in [0.4, 0.5) is 0 Å². The average Bonchev–Trinajstić information content (AvgIpc) is 2.88. The van der Waals surface area contributed by atoms with E-state index in [1.54, 1.807) is 0 Å². The molecule has 25 heavy (non-hydrogen) atoms. The van der Waals surface area contributed by atoms with Gasteiger partial charge in [0.1, 0.15) is 0 Å². The highest BCUT2D eigenvalue weighted by molar-refractivity contribution is 5.17. The molecule has 0 aromatic rings. The highest BCUT2D eigenvalue weighted by atomic mass is 16.3. The van der Waals surface area contributed by atoms with E-state index in [1.807, 2.05) is 0 Å². The molecule has 0 spiro atoms. The Morgan fingerprint density at radius 1 is 0.920 bits per heavy atom. The standard InChI is InChI=1S/C22H38O3/c1-13(2)16-5-6-17-15-11-19(24)22(25)12-14(23)7-10-21(22,4)18(15)8-9-20(16,17)3/h13-19,23-25H,5-12H2,1-4H3/t14-,15-,16?,17-,18-,19+,20+,21+,22?/m0/s1. The van der Waals surface area contributed by atoms with E-state index in [9.17, 15) is 15.3 Å². The first-order valence-electron chi connectivity index (χ1n) is 10.7. The third kappa shape index (κ3) is 2.28. The van der Waals surface area contributed by atoms with Crippen molar-refractivity contribution >= 4 is 0 Å². The Morgan fingerprint density at radius 3 is 2.32 bits per heavy atom. The Labute approximate surface area is 153 Å². The molecule has 0 aromatic heterocycles. The van der Waals surface area contributed by atoms with Gasteiger partial charge in [0.15, 0.2) is 0 Å². The van der Waals surface area contributed by atoms with Gasteiger partial charge in [-0.25, -0.2) is 0 Å². The predicted molar refractivity (Wildman–Crippen MR) is 98.9 cm³/mol. The highest BCUT2D eigenvalue weighted by Crippen LogP contribution is 2.68. The van der Waals surface area contributed by atoms with Crippen LogP contribution in [0.15, 0.2) is 0 Å². The first-order valence-corrected chi connectivity index (χ1v) is 10.7. The van der Waals surface area contributed by atoms with Crippen LogP contribution in [-0.4, -0.2) is 33.1 Å². The third-order valence-electron chi connectivity index (χ3n) is 9.71. The lowest BCUT2D eigenvalue weighted by Crippen LogP contribution is -2.68. The van der Waals surface area contributed by atoms with Gasteiger partial charge in [-0.15, -0.1) is 0 Å². The second kappa shape index (κ2) is 5.69. The fourth-order valence-corrected chi connectivity index (χ4v) is 8.40. The molecule has 4 aliphatic rings. The molecule has 2 unspecified atom stereocenters. The number of hydrogen-bond donors (Lipinski definition) is 3. The molecule has 0 aliphatic heterocycles. The summed E-state index contributed by atoms with van der Waals surface area (Å²) in [5.74, 6) is 3.27. The Kier molecular flexibility index (Phi) is 4.15. The van der Waals surface area contributed by atoms with Crippen molar-refractivity contribution in [1.82, 2.24) is 0 Å². The van der Waals surface area contributed by atoms with Gasteiger partial charge in [-0.2, -0.15) is 0 Å². The van der Waals surface area contributed by atoms with Crippen molar-refractivity contribution in [3.05, 3.63) is 0 Å². The van der Waals surface area contributed by atoms with Crippen LogP contribution < -0.4 is 0 Å². The summed E-state index contributed by atoms with van der Waals surface area (Å²) in [6.45, 7) is 9.49. The lowest BCUT2D eigenvalue weighted by molar-refractivity contribution is -0.264. The Balaban J connectivity index is 1.68. The molecule has 9 atom stereocenters. The molecule has 0 saturated heterocycles. The fourth-order valence-electron chi connectivity index (χ4n) is 8.40. The summed E-state index contributed by atoms with van der Waals surface area (Å²) in [6, 6.07) is 0. The van der Waals surface area contributed by atoms with Crippen molar-refractivity contribution in [1.29, 1.82) is 0 Å². The Bertz CT molecular complexity index is 533. The van der Waals surface area contributed by atoms with Gasteiger partial charge < -0.3 is 15.3 Å². The molecule has 4 saturated carbocycles. The molecule has 3 N–H and O–H groups in total. The zero-order valence-corrected chi connectivity index (χ0v) is 16.5. The minimum absolute atomic E-state index is 0.244. The Hall–Kier alpha value is -0.120. The van der Waals surface area contributed by atoms with Crippen molar-refractivity contribution in [3.63, 3.8) is 0 Å². The van der Waals surface area contributed by atoms with Crippen LogP contribution in [0.5, 0.6) is 0 Å². The maximum atomic E-state index is 11.5. The predicted octanol–water partition coefficient (Wildman–Crippen LogP) is 3.75. The lowest BCUT2D eigenvalue weighted by atomic mass is 9.42. The number of aliphatic hydroxyl groups excluding tert-OH is 2. The molecule has 4 rings (SSSR count). The van der Waals surface area contributed by atoms with Crippen molar-refractivity contribution in [3.8, 4) is 0 Å². The average molecular weight is 351 g/mol. The molecular formula is C22H38O3. The number of hydrogen-bond acceptors (Lipinski definition) is 3. The van der Waals surface area contributed by atoms with Crippen LogP contribution in [0.25, 0.3) is 0 Å². The van der Waals surface area contributed by atoms with E-state index in [4.69, 9.17) is 0 Å². The SMILES string of the molecule is CC(C)C1CC[C@H]2[C@@H]3C[C@@H](O)C4(O)C[C@@H](O)CC[C@]4(C)[C@H]3CC[C@]12C. The smallest absolute Gasteiger partial charge is 0.0985 e. The Morgan fingerprint density at radius 2 is 1.64 bits per heavy atom. The van der Waals surface area contributed by atoms with Gasteiger partial charge >= 0.3 is 0 Å². The van der Waals surface area contributed by atoms with E-state index < -0.39 is 17.8 Å². The van der Waals surface area contributed by atoms with Crippen LogP contribution in [0.3, 0.4) is 0 Å². The van der Waals surface area contributed by atoms with Crippen LogP contribution in [0.2, 0.25) is 0 Å². The third-order valence-corrected chi connectivity index (χ3v) is 9.71. The zero-order valence-electron chi connectivity index (χ0n) is 16.5. The summed E-state index contributed by atoms with van der Waals surface area (Å²) >= 11 is 0. The molecule has 0 aromatic carbocycles. The van der Waals surface area contributed by atoms with Gasteiger partial charge in [0, 0.05) is 11.8 Å². The van der Waals surface area contributed by atoms with Gasteiger partial charge in [0.25, 0.3) is 0 Å². The molecule has 3 nitrogen and oxygen atoms in total. The maximum Gasteiger partial charge on any atom is 0.0985 e. The minimum Gasteiger partial charge on any atom is -0.393 e. The molecule has 0 heterocycles. The van der Waals surface area contributed by atoms with Crippen LogP contribution >= 0.6 is 0 Å². The summed E-state index contributed by atoms with van der Waals surface area (Å²) in [7, 11) is 0. The van der Waals surface area contributed by atoms with Gasteiger partial charge in [-0.05, 0) is 80.0 Å². The van der Waals surface area contributed by atoms with Crippen LogP contribution in [0, 0.1) is 40.4 Å². The largest absolute Gasteiger partial charge is 0.393 e. The zero-order chi connectivity index (χ0) is 18.2. The van der Waals surface area contributed by atoms with E-state index in [1.165, 1.54) is 25.7 Å². The monoisotopic (exact) mass is 350 g/mol. The second-order valence-electron chi connectivity index (χ2n) is 10.8. The molecule has 0 amide bonds. The molecule has 4 fully saturated rings. The summed E-state index contributed by atoms with van der Waals surface area (Å²) < 4.78 is 0. The summed E-state index contributed by atoms with van der Waals surface area (Å²) in [4.78, 5) is 0. The fraction of sp³-hybridized carbons (Fsp3) is 1.00. The van der Waals surface area contributed by atoms with E-state index in [0.29, 0.717) is 29.6 Å². The van der Waals surface area contributed by atoms with Crippen molar-refractivity contribution in [2.24, 2.45) is 40.4 Å². The highest BCUT2D eigenvalue weighted by Gasteiger charge is 2.67. The first kappa shape index (κ1) is 18.3. The van der Waals surface area contributed by atoms with Gasteiger partial charge in [0.2, 0.25) is 0 Å². The van der Waals surface area contributed by atoms with Gasteiger partial charge in [-0.3, -0.25) is 0 Å². The van der Waals surface area contributed by atoms with Crippen molar-refractivity contribution in [2.45, 2.75) is 96.9 Å². The van der Waals surface area contributed by atoms with Crippen molar-refractivity contribution < 1.29 is 15.3 Å². The molecule has 0 radical (unpaired) electrons. The molecule has 3 heteroatoms. The second-order valence-corrected chi connectivity index (χ2v) is 10.8. The minimum atomic E-state index is -1.10. The molecule has 144 valence electrons. The molecule has 0 bridgehead atoms. The van der Waals surface area contributed by atoms with E-state index in [2.05, 4.69) is 27.7 Å². The van der Waals surface area contributed by atoms with Crippen molar-refractivity contribution in [2.75, 3.05) is 0 Å². The lowest BCUT2D eigenvalue weighted by Gasteiger charge is -2.65. The van der Waals surface area contributed by atoms with E-state index in [0.717, 1.165) is 31.1 Å². The topological polar surface area (TPSA) is 60.7 Å². The summed E-state index contributed by atoms with van der Waals surface area (Å²) in [6.07, 6.45) is 6.63. The summed E-state index contributed by atoms with van der Waals surface area (Å²) in [5, 5.41) is 32.6. The van der Waals surface area contributed by atoms with Crippen LogP contribution in [-0.2, 0) is 0 Å². The number of aliphatic hydroxyl groups is 3. The summed E-state index contributed by atoms with van der Waals surface area (Å²) in [5.41, 5.74) is -0.934. The van der Waals surface area contributed by atoms with Crippen LogP contribution in [0.1, 0.15) is 79.1 Å². The molecular weight excluding hydrogens is 312 g/mol. The normalized spacial score (nSPS) is 58.6. The number of rotatable bonds is 1. The van der Waals surface area contributed by atoms with Gasteiger partial charge in [0.05, 0.1) is 17.8 Å². The first-order chi connectivity index (χ1) is 11.6. The maximum absolute atomic E-state index is 11.5. The quantitative estimate of drug-likeness (QED) is 0.675. The van der Waals surface area contributed by atoms with E-state index in [-0.39, 0.29) is 5.41 Å². The van der Waals surface area contributed by atoms with E-state index >= 15 is 0 Å². The molecule has 4 aliphatic carbocycles. The number of fused-ring (bicyclic) bond motifs is 5. The van der Waals surface area contributed by atoms with Gasteiger partial charge in [-0.1, -0.05) is 27.7 Å².